The lowest BCUT2D eigenvalue weighted by atomic mass is 9.85. The number of nitrogens with zero attached hydrogens (tertiary/aromatic N) is 4. The first-order valence-corrected chi connectivity index (χ1v) is 10.4. The molecule has 0 saturated heterocycles. The first-order chi connectivity index (χ1) is 13.7. The largest absolute Gasteiger partial charge is 0.415 e. The monoisotopic (exact) mass is 420 g/mol. The van der Waals surface area contributed by atoms with Gasteiger partial charge in [0.2, 0.25) is 15.9 Å². The van der Waals surface area contributed by atoms with Crippen molar-refractivity contribution in [1.82, 2.24) is 15.2 Å². The predicted octanol–water partition coefficient (Wildman–Crippen LogP) is 3.70. The molecule has 29 heavy (non-hydrogen) atoms. The third-order valence-electron chi connectivity index (χ3n) is 4.79. The number of anilines is 1. The zero-order valence-electron chi connectivity index (χ0n) is 15.7. The number of halogens is 2. The number of aromatic nitrogens is 3. The van der Waals surface area contributed by atoms with E-state index in [2.05, 4.69) is 15.2 Å². The summed E-state index contributed by atoms with van der Waals surface area (Å²) < 4.78 is 57.3. The van der Waals surface area contributed by atoms with Crippen LogP contribution in [0, 0.1) is 0 Å². The molecule has 7 nitrogen and oxygen atoms in total. The minimum atomic E-state index is -3.54. The summed E-state index contributed by atoms with van der Waals surface area (Å²) in [6.07, 6.45) is -1.46. The molecule has 0 radical (unpaired) electrons. The molecule has 3 aromatic rings. The number of hydrogen-bond donors (Lipinski definition) is 0. The summed E-state index contributed by atoms with van der Waals surface area (Å²) in [5, 5.41) is 6.86. The van der Waals surface area contributed by atoms with Crippen LogP contribution < -0.4 is 4.31 Å². The smallest absolute Gasteiger partial charge is 0.314 e. The zero-order valence-corrected chi connectivity index (χ0v) is 16.5. The number of benzene rings is 1. The lowest BCUT2D eigenvalue weighted by molar-refractivity contribution is 0.116. The van der Waals surface area contributed by atoms with Gasteiger partial charge in [-0.2, -0.15) is 8.78 Å². The number of pyridine rings is 1. The minimum absolute atomic E-state index is 0.00646. The number of rotatable bonds is 4. The fraction of sp³-hybridized carbons (Fsp3) is 0.316. The van der Waals surface area contributed by atoms with Gasteiger partial charge in [-0.1, -0.05) is 32.0 Å². The molecular formula is C19H18F2N4O3S. The molecule has 0 saturated carbocycles. The highest BCUT2D eigenvalue weighted by Crippen LogP contribution is 2.40. The maximum atomic E-state index is 12.9. The van der Waals surface area contributed by atoms with Crippen LogP contribution in [0.15, 0.2) is 47.0 Å². The molecule has 3 heterocycles. The van der Waals surface area contributed by atoms with Crippen LogP contribution in [-0.2, 0) is 22.0 Å². The number of para-hydroxylation sites is 1. The van der Waals surface area contributed by atoms with Crippen molar-refractivity contribution in [2.45, 2.75) is 32.2 Å². The lowest BCUT2D eigenvalue weighted by Crippen LogP contribution is -2.45. The molecule has 0 atom stereocenters. The highest BCUT2D eigenvalue weighted by molar-refractivity contribution is 7.92. The van der Waals surface area contributed by atoms with Crippen LogP contribution in [0.25, 0.3) is 11.5 Å². The lowest BCUT2D eigenvalue weighted by Gasteiger charge is -2.39. The normalized spacial score (nSPS) is 17.3. The Morgan fingerprint density at radius 3 is 2.59 bits per heavy atom. The van der Waals surface area contributed by atoms with Gasteiger partial charge in [-0.05, 0) is 23.8 Å². The quantitative estimate of drug-likeness (QED) is 0.639. The van der Waals surface area contributed by atoms with Gasteiger partial charge in [-0.25, -0.2) is 8.42 Å². The third-order valence-corrected chi connectivity index (χ3v) is 6.87. The Labute approximate surface area is 166 Å². The summed E-state index contributed by atoms with van der Waals surface area (Å²) in [5.41, 5.74) is 1.96. The number of hydrogen-bond acceptors (Lipinski definition) is 6. The Morgan fingerprint density at radius 1 is 1.17 bits per heavy atom. The second kappa shape index (κ2) is 6.87. The van der Waals surface area contributed by atoms with Gasteiger partial charge in [0.15, 0.2) is 0 Å². The third kappa shape index (κ3) is 3.59. The van der Waals surface area contributed by atoms with Crippen molar-refractivity contribution in [3.63, 3.8) is 0 Å². The molecule has 10 heteroatoms. The Balaban J connectivity index is 1.63. The summed E-state index contributed by atoms with van der Waals surface area (Å²) in [5.74, 6) is -0.840. The summed E-state index contributed by atoms with van der Waals surface area (Å²) in [4.78, 5) is 4.26. The van der Waals surface area contributed by atoms with Crippen molar-refractivity contribution < 1.29 is 21.6 Å². The van der Waals surface area contributed by atoms with E-state index in [1.54, 1.807) is 24.3 Å². The van der Waals surface area contributed by atoms with Crippen LogP contribution >= 0.6 is 0 Å². The van der Waals surface area contributed by atoms with E-state index in [1.807, 2.05) is 26.0 Å². The summed E-state index contributed by atoms with van der Waals surface area (Å²) >= 11 is 0. The van der Waals surface area contributed by atoms with E-state index in [4.69, 9.17) is 4.42 Å². The van der Waals surface area contributed by atoms with E-state index >= 15 is 0 Å². The van der Waals surface area contributed by atoms with E-state index in [-0.39, 0.29) is 18.2 Å². The second-order valence-electron chi connectivity index (χ2n) is 7.45. The van der Waals surface area contributed by atoms with E-state index in [1.165, 1.54) is 10.5 Å². The van der Waals surface area contributed by atoms with Crippen molar-refractivity contribution in [3.05, 3.63) is 59.7 Å². The first-order valence-electron chi connectivity index (χ1n) is 8.84. The van der Waals surface area contributed by atoms with Gasteiger partial charge in [-0.3, -0.25) is 9.29 Å². The number of fused-ring (bicyclic) bond motifs is 1. The molecule has 0 fully saturated rings. The van der Waals surface area contributed by atoms with Crippen molar-refractivity contribution in [1.29, 1.82) is 0 Å². The van der Waals surface area contributed by atoms with Gasteiger partial charge in [-0.15, -0.1) is 10.2 Å². The van der Waals surface area contributed by atoms with Crippen LogP contribution in [0.3, 0.4) is 0 Å². The van der Waals surface area contributed by atoms with Crippen molar-refractivity contribution in [3.8, 4) is 11.5 Å². The standard InChI is InChI=1S/C19H18F2N4O3S/c1-19(2)11-29(26,27)25(15-6-4-3-5-14(15)19)10-13-8-7-12(9-22-13)17-23-24-18(28-17)16(20)21/h3-9,16H,10-11H2,1-2H3. The van der Waals surface area contributed by atoms with Crippen molar-refractivity contribution in [2.75, 3.05) is 10.1 Å². The average molecular weight is 420 g/mol. The molecule has 1 aromatic carbocycles. The molecule has 4 rings (SSSR count). The number of sulfonamides is 1. The van der Waals surface area contributed by atoms with Gasteiger partial charge in [0, 0.05) is 11.6 Å². The molecule has 1 aliphatic rings. The molecule has 0 aliphatic carbocycles. The molecule has 0 spiro atoms. The Morgan fingerprint density at radius 2 is 1.93 bits per heavy atom. The number of alkyl halides is 2. The van der Waals surface area contributed by atoms with Crippen molar-refractivity contribution >= 4 is 15.7 Å². The van der Waals surface area contributed by atoms with Crippen LogP contribution in [0.5, 0.6) is 0 Å². The van der Waals surface area contributed by atoms with Gasteiger partial charge in [0.25, 0.3) is 5.89 Å². The molecule has 1 aliphatic heterocycles. The van der Waals surface area contributed by atoms with E-state index in [9.17, 15) is 17.2 Å². The highest BCUT2D eigenvalue weighted by atomic mass is 32.2. The topological polar surface area (TPSA) is 89.2 Å². The molecule has 152 valence electrons. The Bertz CT molecular complexity index is 1140. The van der Waals surface area contributed by atoms with Gasteiger partial charge < -0.3 is 4.42 Å². The summed E-state index contributed by atoms with van der Waals surface area (Å²) in [6.45, 7) is 3.87. The van der Waals surface area contributed by atoms with Crippen LogP contribution in [-0.4, -0.2) is 29.4 Å². The average Bonchev–Trinajstić information content (AvgIpc) is 3.15. The van der Waals surface area contributed by atoms with Crippen LogP contribution in [0.4, 0.5) is 14.5 Å². The van der Waals surface area contributed by atoms with Crippen LogP contribution in [0.2, 0.25) is 0 Å². The Kier molecular flexibility index (Phi) is 4.60. The van der Waals surface area contributed by atoms with Gasteiger partial charge in [0.1, 0.15) is 0 Å². The molecule has 0 amide bonds. The summed E-state index contributed by atoms with van der Waals surface area (Å²) in [7, 11) is -3.54. The fourth-order valence-electron chi connectivity index (χ4n) is 3.44. The van der Waals surface area contributed by atoms with Gasteiger partial charge >= 0.3 is 6.43 Å². The fourth-order valence-corrected chi connectivity index (χ4v) is 5.45. The van der Waals surface area contributed by atoms with E-state index < -0.39 is 27.8 Å². The minimum Gasteiger partial charge on any atom is -0.415 e. The second-order valence-corrected chi connectivity index (χ2v) is 9.34. The van der Waals surface area contributed by atoms with E-state index in [0.717, 1.165) is 5.56 Å². The molecule has 0 N–H and O–H groups in total. The highest BCUT2D eigenvalue weighted by Gasteiger charge is 2.40. The maximum absolute atomic E-state index is 12.9. The predicted molar refractivity (Wildman–Crippen MR) is 102 cm³/mol. The molecular weight excluding hydrogens is 402 g/mol. The zero-order chi connectivity index (χ0) is 20.8. The van der Waals surface area contributed by atoms with Crippen molar-refractivity contribution in [2.24, 2.45) is 0 Å². The molecule has 0 bridgehead atoms. The maximum Gasteiger partial charge on any atom is 0.314 e. The Hall–Kier alpha value is -2.88. The van der Waals surface area contributed by atoms with Crippen LogP contribution in [0.1, 0.15) is 37.4 Å². The van der Waals surface area contributed by atoms with Gasteiger partial charge in [0.05, 0.1) is 29.2 Å². The SMILES string of the molecule is CC1(C)CS(=O)(=O)N(Cc2ccc(-c3nnc(C(F)F)o3)cn2)c2ccccc21. The summed E-state index contributed by atoms with van der Waals surface area (Å²) in [6, 6.07) is 10.6. The first kappa shape index (κ1) is 19.4. The molecule has 0 unspecified atom stereocenters. The molecule has 2 aromatic heterocycles. The van der Waals surface area contributed by atoms with E-state index in [0.29, 0.717) is 16.9 Å².